The van der Waals surface area contributed by atoms with Crippen molar-refractivity contribution in [1.82, 2.24) is 5.32 Å². The topological polar surface area (TPSA) is 47.6 Å². The van der Waals surface area contributed by atoms with Crippen LogP contribution in [-0.4, -0.2) is 26.4 Å². The third kappa shape index (κ3) is 4.53. The fourth-order valence-electron chi connectivity index (χ4n) is 1.35. The number of benzene rings is 1. The molecule has 4 nitrogen and oxygen atoms in total. The minimum atomic E-state index is -0.429. The van der Waals surface area contributed by atoms with E-state index >= 15 is 0 Å². The molecule has 0 saturated heterocycles. The van der Waals surface area contributed by atoms with Gasteiger partial charge in [-0.15, -0.1) is 0 Å². The molecule has 0 unspecified atom stereocenters. The van der Waals surface area contributed by atoms with Crippen LogP contribution in [0.2, 0.25) is 5.02 Å². The summed E-state index contributed by atoms with van der Waals surface area (Å²) in [5.41, 5.74) is 1.04. The molecule has 0 atom stereocenters. The Morgan fingerprint density at radius 1 is 1.47 bits per heavy atom. The van der Waals surface area contributed by atoms with Gasteiger partial charge in [-0.3, -0.25) is 0 Å². The van der Waals surface area contributed by atoms with Crippen molar-refractivity contribution in [3.05, 3.63) is 28.8 Å². The molecule has 0 fully saturated rings. The van der Waals surface area contributed by atoms with Gasteiger partial charge in [0.05, 0.1) is 18.7 Å². The number of carbonyl (C=O) groups is 1. The van der Waals surface area contributed by atoms with Crippen molar-refractivity contribution < 1.29 is 14.3 Å². The summed E-state index contributed by atoms with van der Waals surface area (Å²) in [5, 5.41) is 3.19. The SMILES string of the molecule is CCOc1ccc(CCNC(=O)OC)cc1Cl. The zero-order chi connectivity index (χ0) is 12.7. The number of halogens is 1. The van der Waals surface area contributed by atoms with Crippen molar-refractivity contribution in [3.8, 4) is 5.75 Å². The van der Waals surface area contributed by atoms with Crippen molar-refractivity contribution in [3.63, 3.8) is 0 Å². The Labute approximate surface area is 106 Å². The molecule has 0 aliphatic rings. The van der Waals surface area contributed by atoms with Crippen molar-refractivity contribution in [1.29, 1.82) is 0 Å². The van der Waals surface area contributed by atoms with Gasteiger partial charge in [0.2, 0.25) is 0 Å². The lowest BCUT2D eigenvalue weighted by molar-refractivity contribution is 0.171. The molecule has 0 heterocycles. The Morgan fingerprint density at radius 2 is 2.24 bits per heavy atom. The molecule has 0 radical (unpaired) electrons. The molecule has 1 amide bonds. The van der Waals surface area contributed by atoms with E-state index in [1.165, 1.54) is 7.11 Å². The molecule has 94 valence electrons. The summed E-state index contributed by atoms with van der Waals surface area (Å²) in [6.45, 7) is 3.00. The quantitative estimate of drug-likeness (QED) is 0.882. The van der Waals surface area contributed by atoms with Gasteiger partial charge in [-0.1, -0.05) is 17.7 Å². The second kappa shape index (κ2) is 7.01. The highest BCUT2D eigenvalue weighted by Gasteiger charge is 2.03. The number of alkyl carbamates (subject to hydrolysis) is 1. The van der Waals surface area contributed by atoms with Gasteiger partial charge in [0.25, 0.3) is 0 Å². The van der Waals surface area contributed by atoms with Gasteiger partial charge in [-0.25, -0.2) is 4.79 Å². The van der Waals surface area contributed by atoms with Gasteiger partial charge in [0.1, 0.15) is 5.75 Å². The molecule has 0 aliphatic heterocycles. The van der Waals surface area contributed by atoms with E-state index in [4.69, 9.17) is 16.3 Å². The fraction of sp³-hybridized carbons (Fsp3) is 0.417. The predicted octanol–water partition coefficient (Wildman–Crippen LogP) is 2.64. The normalized spacial score (nSPS) is 9.82. The van der Waals surface area contributed by atoms with Crippen LogP contribution in [0.15, 0.2) is 18.2 Å². The van der Waals surface area contributed by atoms with Crippen LogP contribution >= 0.6 is 11.6 Å². The largest absolute Gasteiger partial charge is 0.492 e. The van der Waals surface area contributed by atoms with Crippen LogP contribution in [0, 0.1) is 0 Å². The Morgan fingerprint density at radius 3 is 2.82 bits per heavy atom. The number of carbonyl (C=O) groups excluding carboxylic acids is 1. The first-order valence-corrected chi connectivity index (χ1v) is 5.78. The molecule has 0 saturated carbocycles. The lowest BCUT2D eigenvalue weighted by Gasteiger charge is -2.08. The molecule has 5 heteroatoms. The number of methoxy groups -OCH3 is 1. The van der Waals surface area contributed by atoms with Gasteiger partial charge >= 0.3 is 6.09 Å². The van der Waals surface area contributed by atoms with Crippen LogP contribution in [-0.2, 0) is 11.2 Å². The van der Waals surface area contributed by atoms with E-state index in [-0.39, 0.29) is 0 Å². The average molecular weight is 258 g/mol. The first-order valence-electron chi connectivity index (χ1n) is 5.40. The summed E-state index contributed by atoms with van der Waals surface area (Å²) < 4.78 is 9.80. The molecule has 0 aromatic heterocycles. The Kier molecular flexibility index (Phi) is 5.63. The fourth-order valence-corrected chi connectivity index (χ4v) is 1.61. The van der Waals surface area contributed by atoms with E-state index in [2.05, 4.69) is 10.1 Å². The lowest BCUT2D eigenvalue weighted by atomic mass is 10.1. The highest BCUT2D eigenvalue weighted by molar-refractivity contribution is 6.32. The molecule has 0 spiro atoms. The van der Waals surface area contributed by atoms with E-state index in [1.54, 1.807) is 0 Å². The standard InChI is InChI=1S/C12H16ClNO3/c1-3-17-11-5-4-9(8-10(11)13)6-7-14-12(15)16-2/h4-5,8H,3,6-7H2,1-2H3,(H,14,15). The van der Waals surface area contributed by atoms with E-state index in [9.17, 15) is 4.79 Å². The molecule has 1 aromatic rings. The maximum Gasteiger partial charge on any atom is 0.406 e. The zero-order valence-electron chi connectivity index (χ0n) is 9.96. The summed E-state index contributed by atoms with van der Waals surface area (Å²) in [4.78, 5) is 10.8. The average Bonchev–Trinajstić information content (AvgIpc) is 2.32. The van der Waals surface area contributed by atoms with Crippen molar-refractivity contribution in [2.75, 3.05) is 20.3 Å². The van der Waals surface area contributed by atoms with Crippen LogP contribution in [0.1, 0.15) is 12.5 Å². The van der Waals surface area contributed by atoms with Crippen LogP contribution in [0.5, 0.6) is 5.75 Å². The Balaban J connectivity index is 2.50. The summed E-state index contributed by atoms with van der Waals surface area (Å²) >= 11 is 6.04. The molecular weight excluding hydrogens is 242 g/mol. The molecule has 1 N–H and O–H groups in total. The van der Waals surface area contributed by atoms with E-state index < -0.39 is 6.09 Å². The maximum absolute atomic E-state index is 10.8. The second-order valence-electron chi connectivity index (χ2n) is 3.37. The molecule has 0 aliphatic carbocycles. The van der Waals surface area contributed by atoms with E-state index in [0.717, 1.165) is 5.56 Å². The van der Waals surface area contributed by atoms with E-state index in [0.29, 0.717) is 30.3 Å². The number of rotatable bonds is 5. The Hall–Kier alpha value is -1.42. The van der Waals surface area contributed by atoms with Crippen LogP contribution in [0.4, 0.5) is 4.79 Å². The van der Waals surface area contributed by atoms with Gasteiger partial charge in [-0.2, -0.15) is 0 Å². The smallest absolute Gasteiger partial charge is 0.406 e. The van der Waals surface area contributed by atoms with Gasteiger partial charge in [0.15, 0.2) is 0 Å². The molecule has 17 heavy (non-hydrogen) atoms. The van der Waals surface area contributed by atoms with Crippen molar-refractivity contribution in [2.45, 2.75) is 13.3 Å². The highest BCUT2D eigenvalue weighted by atomic mass is 35.5. The third-order valence-corrected chi connectivity index (χ3v) is 2.46. The molecule has 1 aromatic carbocycles. The number of hydrogen-bond donors (Lipinski definition) is 1. The second-order valence-corrected chi connectivity index (χ2v) is 3.77. The number of nitrogens with one attached hydrogen (secondary N) is 1. The summed E-state index contributed by atoms with van der Waals surface area (Å²) in [6, 6.07) is 5.60. The lowest BCUT2D eigenvalue weighted by Crippen LogP contribution is -2.25. The first-order chi connectivity index (χ1) is 8.17. The minimum Gasteiger partial charge on any atom is -0.492 e. The zero-order valence-corrected chi connectivity index (χ0v) is 10.7. The van der Waals surface area contributed by atoms with Crippen LogP contribution in [0.25, 0.3) is 0 Å². The molecular formula is C12H16ClNO3. The molecule has 1 rings (SSSR count). The predicted molar refractivity (Wildman–Crippen MR) is 66.7 cm³/mol. The van der Waals surface area contributed by atoms with Crippen molar-refractivity contribution in [2.24, 2.45) is 0 Å². The van der Waals surface area contributed by atoms with Crippen LogP contribution in [0.3, 0.4) is 0 Å². The number of ether oxygens (including phenoxy) is 2. The summed E-state index contributed by atoms with van der Waals surface area (Å²) in [7, 11) is 1.34. The minimum absolute atomic E-state index is 0.429. The highest BCUT2D eigenvalue weighted by Crippen LogP contribution is 2.25. The first kappa shape index (κ1) is 13.6. The summed E-state index contributed by atoms with van der Waals surface area (Å²) in [6.07, 6.45) is 0.267. The van der Waals surface area contributed by atoms with Gasteiger partial charge in [-0.05, 0) is 31.0 Å². The maximum atomic E-state index is 10.8. The number of amides is 1. The monoisotopic (exact) mass is 257 g/mol. The van der Waals surface area contributed by atoms with E-state index in [1.807, 2.05) is 25.1 Å². The third-order valence-electron chi connectivity index (χ3n) is 2.16. The number of hydrogen-bond acceptors (Lipinski definition) is 3. The molecule has 0 bridgehead atoms. The van der Waals surface area contributed by atoms with Crippen molar-refractivity contribution >= 4 is 17.7 Å². The van der Waals surface area contributed by atoms with Gasteiger partial charge < -0.3 is 14.8 Å². The Bertz CT molecular complexity index is 382. The van der Waals surface area contributed by atoms with Gasteiger partial charge in [0, 0.05) is 6.54 Å². The van der Waals surface area contributed by atoms with Crippen LogP contribution < -0.4 is 10.1 Å². The summed E-state index contributed by atoms with van der Waals surface area (Å²) in [5.74, 6) is 0.679.